The minimum atomic E-state index is -0.920. The summed E-state index contributed by atoms with van der Waals surface area (Å²) in [4.78, 5) is 24.0. The van der Waals surface area contributed by atoms with Gasteiger partial charge < -0.3 is 10.0 Å². The average Bonchev–Trinajstić information content (AvgIpc) is 2.15. The minimum absolute atomic E-state index is 0.0636. The van der Waals surface area contributed by atoms with Gasteiger partial charge in [-0.2, -0.15) is 5.26 Å². The zero-order chi connectivity index (χ0) is 13.5. The molecule has 0 aliphatic heterocycles. The maximum atomic E-state index is 11.9. The van der Waals surface area contributed by atoms with Crippen molar-refractivity contribution in [3.05, 3.63) is 0 Å². The Bertz CT molecular complexity index is 318. The Morgan fingerprint density at radius 2 is 2.00 bits per heavy atom. The van der Waals surface area contributed by atoms with Crippen molar-refractivity contribution < 1.29 is 14.7 Å². The molecule has 0 aromatic heterocycles. The Morgan fingerprint density at radius 3 is 2.41 bits per heavy atom. The summed E-state index contributed by atoms with van der Waals surface area (Å²) < 4.78 is 0. The molecule has 0 bridgehead atoms. The van der Waals surface area contributed by atoms with Crippen molar-refractivity contribution >= 4 is 23.6 Å². The van der Waals surface area contributed by atoms with Crippen molar-refractivity contribution in [2.24, 2.45) is 0 Å². The number of aliphatic carboxylic acids is 1. The van der Waals surface area contributed by atoms with Crippen LogP contribution >= 0.6 is 11.8 Å². The first-order chi connectivity index (χ1) is 7.79. The summed E-state index contributed by atoms with van der Waals surface area (Å²) in [6.07, 6.45) is -0.0636. The maximum Gasteiger partial charge on any atom is 0.305 e. The average molecular weight is 258 g/mol. The molecule has 96 valence electrons. The van der Waals surface area contributed by atoms with Crippen LogP contribution in [-0.4, -0.2) is 45.5 Å². The summed E-state index contributed by atoms with van der Waals surface area (Å²) in [5.74, 6) is -0.566. The van der Waals surface area contributed by atoms with Crippen LogP contribution in [0.1, 0.15) is 27.2 Å². The van der Waals surface area contributed by atoms with Gasteiger partial charge in [-0.3, -0.25) is 9.59 Å². The Balaban J connectivity index is 4.42. The van der Waals surface area contributed by atoms with E-state index in [1.807, 2.05) is 26.8 Å². The molecule has 0 atom stereocenters. The Kier molecular flexibility index (Phi) is 6.66. The summed E-state index contributed by atoms with van der Waals surface area (Å²) in [6.45, 7) is 5.79. The fraction of sp³-hybridized carbons (Fsp3) is 0.727. The molecule has 0 aliphatic rings. The van der Waals surface area contributed by atoms with Gasteiger partial charge in [-0.25, -0.2) is 0 Å². The predicted octanol–water partition coefficient (Wildman–Crippen LogP) is 1.34. The van der Waals surface area contributed by atoms with E-state index < -0.39 is 11.5 Å². The van der Waals surface area contributed by atoms with Gasteiger partial charge in [0.25, 0.3) is 0 Å². The lowest BCUT2D eigenvalue weighted by atomic mass is 10.1. The SMILES string of the molecule is CC(C)(C)N(CCC(=O)O)C(=O)CSCC#N. The van der Waals surface area contributed by atoms with E-state index >= 15 is 0 Å². The standard InChI is InChI=1S/C11H18N2O3S/c1-11(2,3)13(6-4-10(15)16)9(14)8-17-7-5-12/h4,6-8H2,1-3H3,(H,15,16). The largest absolute Gasteiger partial charge is 0.481 e. The number of nitrogens with zero attached hydrogens (tertiary/aromatic N) is 2. The summed E-state index contributed by atoms with van der Waals surface area (Å²) in [6, 6.07) is 1.95. The number of rotatable bonds is 6. The van der Waals surface area contributed by atoms with Crippen molar-refractivity contribution in [1.82, 2.24) is 4.90 Å². The van der Waals surface area contributed by atoms with E-state index in [9.17, 15) is 9.59 Å². The lowest BCUT2D eigenvalue weighted by Crippen LogP contribution is -2.47. The topological polar surface area (TPSA) is 81.4 Å². The molecule has 0 aliphatic carbocycles. The van der Waals surface area contributed by atoms with Crippen molar-refractivity contribution in [1.29, 1.82) is 5.26 Å². The molecule has 0 rings (SSSR count). The Morgan fingerprint density at radius 1 is 1.41 bits per heavy atom. The molecule has 0 unspecified atom stereocenters. The van der Waals surface area contributed by atoms with Crippen molar-refractivity contribution in [3.63, 3.8) is 0 Å². The molecule has 0 aromatic rings. The molecular weight excluding hydrogens is 240 g/mol. The number of hydrogen-bond acceptors (Lipinski definition) is 4. The highest BCUT2D eigenvalue weighted by molar-refractivity contribution is 8.00. The molecule has 6 heteroatoms. The Labute approximate surface area is 106 Å². The highest BCUT2D eigenvalue weighted by Crippen LogP contribution is 2.16. The van der Waals surface area contributed by atoms with Crippen LogP contribution in [0.15, 0.2) is 0 Å². The zero-order valence-electron chi connectivity index (χ0n) is 10.4. The van der Waals surface area contributed by atoms with E-state index in [0.717, 1.165) is 0 Å². The highest BCUT2D eigenvalue weighted by Gasteiger charge is 2.26. The number of carbonyl (C=O) groups excluding carboxylic acids is 1. The fourth-order valence-corrected chi connectivity index (χ4v) is 1.83. The molecule has 0 aromatic carbocycles. The molecule has 1 amide bonds. The maximum absolute atomic E-state index is 11.9. The summed E-state index contributed by atoms with van der Waals surface area (Å²) in [7, 11) is 0. The van der Waals surface area contributed by atoms with Gasteiger partial charge in [0.2, 0.25) is 5.91 Å². The van der Waals surface area contributed by atoms with Gasteiger partial charge in [-0.05, 0) is 20.8 Å². The molecule has 1 N–H and O–H groups in total. The molecule has 0 saturated carbocycles. The molecule has 0 fully saturated rings. The lowest BCUT2D eigenvalue weighted by molar-refractivity contribution is -0.139. The molecular formula is C11H18N2O3S. The number of carboxylic acid groups (broad SMARTS) is 1. The fourth-order valence-electron chi connectivity index (χ4n) is 1.30. The molecule has 0 saturated heterocycles. The Hall–Kier alpha value is -1.22. The first kappa shape index (κ1) is 15.8. The lowest BCUT2D eigenvalue weighted by Gasteiger charge is -2.35. The summed E-state index contributed by atoms with van der Waals surface area (Å²) >= 11 is 1.24. The second-order valence-electron chi connectivity index (χ2n) is 4.51. The van der Waals surface area contributed by atoms with Crippen LogP contribution < -0.4 is 0 Å². The van der Waals surface area contributed by atoms with Gasteiger partial charge >= 0.3 is 5.97 Å². The monoisotopic (exact) mass is 258 g/mol. The summed E-state index contributed by atoms with van der Waals surface area (Å²) in [5, 5.41) is 17.0. The van der Waals surface area contributed by atoms with Crippen molar-refractivity contribution in [3.8, 4) is 6.07 Å². The first-order valence-electron chi connectivity index (χ1n) is 5.26. The van der Waals surface area contributed by atoms with Gasteiger partial charge in [-0.1, -0.05) is 0 Å². The number of hydrogen-bond donors (Lipinski definition) is 1. The van der Waals surface area contributed by atoms with E-state index in [2.05, 4.69) is 0 Å². The number of carboxylic acids is 1. The normalized spacial score (nSPS) is 10.7. The van der Waals surface area contributed by atoms with E-state index in [-0.39, 0.29) is 30.4 Å². The third-order valence-corrected chi connectivity index (χ3v) is 2.84. The van der Waals surface area contributed by atoms with E-state index in [0.29, 0.717) is 0 Å². The van der Waals surface area contributed by atoms with Gasteiger partial charge in [0.05, 0.1) is 24.0 Å². The van der Waals surface area contributed by atoms with Crippen LogP contribution in [-0.2, 0) is 9.59 Å². The molecule has 17 heavy (non-hydrogen) atoms. The van der Waals surface area contributed by atoms with Gasteiger partial charge in [0.15, 0.2) is 0 Å². The van der Waals surface area contributed by atoms with Crippen LogP contribution in [0.2, 0.25) is 0 Å². The quantitative estimate of drug-likeness (QED) is 0.727. The molecule has 5 nitrogen and oxygen atoms in total. The van der Waals surface area contributed by atoms with Crippen LogP contribution in [0, 0.1) is 11.3 Å². The number of nitriles is 1. The smallest absolute Gasteiger partial charge is 0.305 e. The van der Waals surface area contributed by atoms with Gasteiger partial charge in [-0.15, -0.1) is 11.8 Å². The first-order valence-corrected chi connectivity index (χ1v) is 6.41. The predicted molar refractivity (Wildman–Crippen MR) is 66.7 cm³/mol. The van der Waals surface area contributed by atoms with Crippen LogP contribution in [0.4, 0.5) is 0 Å². The van der Waals surface area contributed by atoms with Gasteiger partial charge in [0, 0.05) is 12.1 Å². The second kappa shape index (κ2) is 7.17. The molecule has 0 heterocycles. The van der Waals surface area contributed by atoms with E-state index in [1.54, 1.807) is 4.90 Å². The number of amides is 1. The number of thioether (sulfide) groups is 1. The van der Waals surface area contributed by atoms with E-state index in [1.165, 1.54) is 11.8 Å². The molecule has 0 radical (unpaired) electrons. The number of carbonyl (C=O) groups is 2. The van der Waals surface area contributed by atoms with Crippen LogP contribution in [0.25, 0.3) is 0 Å². The third kappa shape index (κ3) is 6.84. The van der Waals surface area contributed by atoms with Crippen LogP contribution in [0.3, 0.4) is 0 Å². The van der Waals surface area contributed by atoms with Crippen LogP contribution in [0.5, 0.6) is 0 Å². The summed E-state index contributed by atoms with van der Waals surface area (Å²) in [5.41, 5.74) is -0.403. The second-order valence-corrected chi connectivity index (χ2v) is 5.50. The molecule has 0 spiro atoms. The zero-order valence-corrected chi connectivity index (χ0v) is 11.2. The van der Waals surface area contributed by atoms with Gasteiger partial charge in [0.1, 0.15) is 0 Å². The van der Waals surface area contributed by atoms with E-state index in [4.69, 9.17) is 10.4 Å². The van der Waals surface area contributed by atoms with Crippen molar-refractivity contribution in [2.75, 3.05) is 18.1 Å². The minimum Gasteiger partial charge on any atom is -0.481 e. The van der Waals surface area contributed by atoms with Crippen molar-refractivity contribution in [2.45, 2.75) is 32.7 Å². The highest BCUT2D eigenvalue weighted by atomic mass is 32.2. The third-order valence-electron chi connectivity index (χ3n) is 2.05.